The first kappa shape index (κ1) is 22.2. The van der Waals surface area contributed by atoms with E-state index in [9.17, 15) is 18.0 Å². The molecule has 31 heavy (non-hydrogen) atoms. The molecule has 0 aliphatic heterocycles. The number of hydrogen-bond acceptors (Lipinski definition) is 6. The normalized spacial score (nSPS) is 11.2. The summed E-state index contributed by atoms with van der Waals surface area (Å²) in [4.78, 5) is 24.4. The van der Waals surface area contributed by atoms with Crippen molar-refractivity contribution in [2.45, 2.75) is 18.4 Å². The summed E-state index contributed by atoms with van der Waals surface area (Å²) in [6.07, 6.45) is 0. The van der Waals surface area contributed by atoms with Crippen LogP contribution >= 0.6 is 0 Å². The van der Waals surface area contributed by atoms with Gasteiger partial charge in [0.05, 0.1) is 18.0 Å². The lowest BCUT2D eigenvalue weighted by Crippen LogP contribution is -2.27. The van der Waals surface area contributed by atoms with Gasteiger partial charge in [-0.15, -0.1) is 0 Å². The first-order valence-electron chi connectivity index (χ1n) is 9.36. The van der Waals surface area contributed by atoms with Gasteiger partial charge in [-0.05, 0) is 49.4 Å². The molecule has 2 N–H and O–H groups in total. The molecule has 1 amide bonds. The monoisotopic (exact) mass is 442 g/mol. The maximum Gasteiger partial charge on any atom is 0.276 e. The number of hydrogen-bond donors (Lipinski definition) is 2. The van der Waals surface area contributed by atoms with Crippen LogP contribution in [-0.4, -0.2) is 37.8 Å². The van der Waals surface area contributed by atoms with Crippen LogP contribution in [0.2, 0.25) is 0 Å². The van der Waals surface area contributed by atoms with Crippen LogP contribution in [0.1, 0.15) is 16.1 Å². The smallest absolute Gasteiger partial charge is 0.276 e. The summed E-state index contributed by atoms with van der Waals surface area (Å²) >= 11 is 0. The van der Waals surface area contributed by atoms with Gasteiger partial charge in [0.2, 0.25) is 0 Å². The van der Waals surface area contributed by atoms with Crippen molar-refractivity contribution in [1.82, 2.24) is 9.78 Å². The van der Waals surface area contributed by atoms with Gasteiger partial charge in [-0.3, -0.25) is 14.3 Å². The Morgan fingerprint density at radius 1 is 1.00 bits per heavy atom. The fourth-order valence-corrected chi connectivity index (χ4v) is 3.71. The van der Waals surface area contributed by atoms with Gasteiger partial charge in [0.15, 0.2) is 0 Å². The second-order valence-corrected chi connectivity index (χ2v) is 8.41. The standard InChI is InChI=1S/C21H22N4O5S/c1-15-3-9-18(10-4-15)31(28,29)24-17-7-5-16(6-8-17)22-21(27)19-11-12-20(26)25(23-19)13-14-30-2/h3-12,24H,13-14H2,1-2H3,(H,22,27). The fourth-order valence-electron chi connectivity index (χ4n) is 2.66. The molecule has 0 aliphatic rings. The first-order valence-corrected chi connectivity index (χ1v) is 10.8. The molecule has 1 aromatic heterocycles. The van der Waals surface area contributed by atoms with Crippen LogP contribution in [0.15, 0.2) is 70.4 Å². The quantitative estimate of drug-likeness (QED) is 0.552. The molecular weight excluding hydrogens is 420 g/mol. The third kappa shape index (κ3) is 5.77. The number of aryl methyl sites for hydroxylation is 1. The van der Waals surface area contributed by atoms with E-state index in [0.29, 0.717) is 11.4 Å². The van der Waals surface area contributed by atoms with E-state index in [1.165, 1.54) is 43.5 Å². The molecule has 0 spiro atoms. The molecule has 0 saturated carbocycles. The van der Waals surface area contributed by atoms with Gasteiger partial charge in [0.25, 0.3) is 21.5 Å². The molecule has 9 nitrogen and oxygen atoms in total. The van der Waals surface area contributed by atoms with Crippen molar-refractivity contribution in [3.63, 3.8) is 0 Å². The number of aromatic nitrogens is 2. The molecule has 0 atom stereocenters. The van der Waals surface area contributed by atoms with Crippen LogP contribution in [0.4, 0.5) is 11.4 Å². The third-order valence-electron chi connectivity index (χ3n) is 4.33. The lowest BCUT2D eigenvalue weighted by molar-refractivity contribution is 0.101. The summed E-state index contributed by atoms with van der Waals surface area (Å²) in [5, 5.41) is 6.70. The Morgan fingerprint density at radius 2 is 1.65 bits per heavy atom. The minimum Gasteiger partial charge on any atom is -0.383 e. The predicted molar refractivity (Wildman–Crippen MR) is 117 cm³/mol. The minimum atomic E-state index is -3.72. The SMILES string of the molecule is COCCn1nc(C(=O)Nc2ccc(NS(=O)(=O)c3ccc(C)cc3)cc2)ccc1=O. The van der Waals surface area contributed by atoms with E-state index in [2.05, 4.69) is 15.1 Å². The number of methoxy groups -OCH3 is 1. The van der Waals surface area contributed by atoms with Crippen LogP contribution < -0.4 is 15.6 Å². The maximum absolute atomic E-state index is 12.5. The largest absolute Gasteiger partial charge is 0.383 e. The number of ether oxygens (including phenoxy) is 1. The van der Waals surface area contributed by atoms with Crippen LogP contribution in [0.5, 0.6) is 0 Å². The molecule has 0 fully saturated rings. The van der Waals surface area contributed by atoms with Gasteiger partial charge in [-0.25, -0.2) is 13.1 Å². The van der Waals surface area contributed by atoms with Crippen molar-refractivity contribution in [2.75, 3.05) is 23.8 Å². The van der Waals surface area contributed by atoms with E-state index in [1.54, 1.807) is 24.3 Å². The highest BCUT2D eigenvalue weighted by molar-refractivity contribution is 7.92. The van der Waals surface area contributed by atoms with Crippen molar-refractivity contribution in [1.29, 1.82) is 0 Å². The number of anilines is 2. The molecule has 0 saturated heterocycles. The number of rotatable bonds is 8. The van der Waals surface area contributed by atoms with E-state index < -0.39 is 15.9 Å². The molecule has 0 aliphatic carbocycles. The van der Waals surface area contributed by atoms with Crippen molar-refractivity contribution >= 4 is 27.3 Å². The fraction of sp³-hybridized carbons (Fsp3) is 0.190. The van der Waals surface area contributed by atoms with Crippen LogP contribution in [-0.2, 0) is 21.3 Å². The summed E-state index contributed by atoms with van der Waals surface area (Å²) in [7, 11) is -2.21. The molecule has 1 heterocycles. The summed E-state index contributed by atoms with van der Waals surface area (Å²) < 4.78 is 33.5. The van der Waals surface area contributed by atoms with Crippen LogP contribution in [0, 0.1) is 6.92 Å². The lowest BCUT2D eigenvalue weighted by atomic mass is 10.2. The molecule has 0 unspecified atom stereocenters. The van der Waals surface area contributed by atoms with Gasteiger partial charge >= 0.3 is 0 Å². The molecule has 10 heteroatoms. The van der Waals surface area contributed by atoms with E-state index in [1.807, 2.05) is 6.92 Å². The van der Waals surface area contributed by atoms with E-state index in [4.69, 9.17) is 4.74 Å². The first-order chi connectivity index (χ1) is 14.8. The second-order valence-electron chi connectivity index (χ2n) is 6.72. The predicted octanol–water partition coefficient (Wildman–Crippen LogP) is 2.25. The van der Waals surface area contributed by atoms with E-state index >= 15 is 0 Å². The Balaban J connectivity index is 1.68. The molecule has 0 radical (unpaired) electrons. The van der Waals surface area contributed by atoms with Crippen LogP contribution in [0.3, 0.4) is 0 Å². The maximum atomic E-state index is 12.5. The summed E-state index contributed by atoms with van der Waals surface area (Å²) in [6, 6.07) is 15.3. The van der Waals surface area contributed by atoms with Gasteiger partial charge < -0.3 is 10.1 Å². The van der Waals surface area contributed by atoms with Crippen molar-refractivity contribution in [2.24, 2.45) is 0 Å². The van der Waals surface area contributed by atoms with Gasteiger partial charge in [0, 0.05) is 24.6 Å². The van der Waals surface area contributed by atoms with Crippen molar-refractivity contribution < 1.29 is 17.9 Å². The number of carbonyl (C=O) groups is 1. The second kappa shape index (κ2) is 9.54. The van der Waals surface area contributed by atoms with Gasteiger partial charge in [-0.2, -0.15) is 5.10 Å². The Kier molecular flexibility index (Phi) is 6.83. The van der Waals surface area contributed by atoms with Crippen molar-refractivity contribution in [3.8, 4) is 0 Å². The summed E-state index contributed by atoms with van der Waals surface area (Å²) in [6.45, 7) is 2.39. The number of carbonyl (C=O) groups excluding carboxylic acids is 1. The number of benzene rings is 2. The topological polar surface area (TPSA) is 119 Å². The third-order valence-corrected chi connectivity index (χ3v) is 5.73. The summed E-state index contributed by atoms with van der Waals surface area (Å²) in [5.41, 5.74) is 1.49. The number of sulfonamides is 1. The number of amides is 1. The molecule has 162 valence electrons. The summed E-state index contributed by atoms with van der Waals surface area (Å²) in [5.74, 6) is -0.501. The molecule has 3 rings (SSSR count). The molecule has 0 bridgehead atoms. The Morgan fingerprint density at radius 3 is 2.29 bits per heavy atom. The lowest BCUT2D eigenvalue weighted by Gasteiger charge is -2.10. The zero-order valence-electron chi connectivity index (χ0n) is 17.0. The zero-order valence-corrected chi connectivity index (χ0v) is 17.8. The van der Waals surface area contributed by atoms with Crippen LogP contribution in [0.25, 0.3) is 0 Å². The van der Waals surface area contributed by atoms with E-state index in [-0.39, 0.29) is 29.3 Å². The van der Waals surface area contributed by atoms with Gasteiger partial charge in [0.1, 0.15) is 5.69 Å². The highest BCUT2D eigenvalue weighted by atomic mass is 32.2. The highest BCUT2D eigenvalue weighted by Crippen LogP contribution is 2.19. The number of nitrogens with one attached hydrogen (secondary N) is 2. The Labute approximate surface area is 179 Å². The highest BCUT2D eigenvalue weighted by Gasteiger charge is 2.14. The molecule has 3 aromatic rings. The molecule has 2 aromatic carbocycles. The average molecular weight is 442 g/mol. The Bertz CT molecular complexity index is 1220. The molecular formula is C21H22N4O5S. The minimum absolute atomic E-state index is 0.0693. The Hall–Kier alpha value is -3.50. The van der Waals surface area contributed by atoms with E-state index in [0.717, 1.165) is 10.2 Å². The zero-order chi connectivity index (χ0) is 22.4. The van der Waals surface area contributed by atoms with Gasteiger partial charge in [-0.1, -0.05) is 17.7 Å². The average Bonchev–Trinajstić information content (AvgIpc) is 2.74. The number of nitrogens with zero attached hydrogens (tertiary/aromatic N) is 2. The van der Waals surface area contributed by atoms with Crippen molar-refractivity contribution in [3.05, 3.63) is 82.3 Å².